The summed E-state index contributed by atoms with van der Waals surface area (Å²) in [6, 6.07) is 13.2. The zero-order chi connectivity index (χ0) is 16.3. The van der Waals surface area contributed by atoms with Gasteiger partial charge in [0.1, 0.15) is 0 Å². The first-order chi connectivity index (χ1) is 10.4. The Hall–Kier alpha value is -2.34. The van der Waals surface area contributed by atoms with Crippen molar-refractivity contribution in [2.24, 2.45) is 0 Å². The molecule has 0 aromatic heterocycles. The molecule has 0 aliphatic heterocycles. The van der Waals surface area contributed by atoms with Gasteiger partial charge in [0.05, 0.1) is 23.3 Å². The molecule has 0 spiro atoms. The van der Waals surface area contributed by atoms with Crippen LogP contribution in [0.3, 0.4) is 0 Å². The van der Waals surface area contributed by atoms with E-state index in [9.17, 15) is 13.2 Å². The normalized spacial score (nSPS) is 11.0. The average molecular weight is 319 g/mol. The first-order valence-corrected chi connectivity index (χ1v) is 8.05. The summed E-state index contributed by atoms with van der Waals surface area (Å²) in [5, 5.41) is 0. The molecular formula is C16H17NO4S. The Morgan fingerprint density at radius 1 is 1.09 bits per heavy atom. The Morgan fingerprint density at radius 3 is 2.32 bits per heavy atom. The molecule has 2 aromatic carbocycles. The number of methoxy groups -OCH3 is 1. The van der Waals surface area contributed by atoms with Crippen molar-refractivity contribution in [2.75, 3.05) is 18.5 Å². The summed E-state index contributed by atoms with van der Waals surface area (Å²) in [5.41, 5.74) is 1.31. The lowest BCUT2D eigenvalue weighted by atomic mass is 10.1. The van der Waals surface area contributed by atoms with Crippen LogP contribution < -0.4 is 4.31 Å². The molecule has 0 N–H and O–H groups in total. The summed E-state index contributed by atoms with van der Waals surface area (Å²) in [4.78, 5) is 11.7. The summed E-state index contributed by atoms with van der Waals surface area (Å²) in [5.74, 6) is -0.571. The van der Waals surface area contributed by atoms with E-state index >= 15 is 0 Å². The maximum Gasteiger partial charge on any atom is 0.337 e. The van der Waals surface area contributed by atoms with Crippen molar-refractivity contribution < 1.29 is 17.9 Å². The predicted molar refractivity (Wildman–Crippen MR) is 84.5 cm³/mol. The zero-order valence-corrected chi connectivity index (χ0v) is 13.4. The van der Waals surface area contributed by atoms with Gasteiger partial charge in [-0.15, -0.1) is 0 Å². The van der Waals surface area contributed by atoms with Crippen LogP contribution in [0.4, 0.5) is 5.69 Å². The zero-order valence-electron chi connectivity index (χ0n) is 12.6. The first-order valence-electron chi connectivity index (χ1n) is 6.61. The third-order valence-corrected chi connectivity index (χ3v) is 5.30. The van der Waals surface area contributed by atoms with Crippen LogP contribution in [0.2, 0.25) is 0 Å². The van der Waals surface area contributed by atoms with Gasteiger partial charge < -0.3 is 4.74 Å². The van der Waals surface area contributed by atoms with Crippen molar-refractivity contribution in [3.63, 3.8) is 0 Å². The van der Waals surface area contributed by atoms with Gasteiger partial charge in [-0.05, 0) is 36.8 Å². The van der Waals surface area contributed by atoms with E-state index < -0.39 is 16.0 Å². The minimum Gasteiger partial charge on any atom is -0.465 e. The van der Waals surface area contributed by atoms with Crippen molar-refractivity contribution in [3.8, 4) is 0 Å². The monoisotopic (exact) mass is 319 g/mol. The standard InChI is InChI=1S/C16H17NO4S/c1-12-9-10-13(16(18)21-3)11-15(12)22(19,20)17(2)14-7-5-4-6-8-14/h4-11H,1-3H3. The van der Waals surface area contributed by atoms with Crippen LogP contribution in [-0.2, 0) is 14.8 Å². The van der Waals surface area contributed by atoms with Crippen molar-refractivity contribution in [1.29, 1.82) is 0 Å². The van der Waals surface area contributed by atoms with Crippen LogP contribution in [-0.4, -0.2) is 28.5 Å². The van der Waals surface area contributed by atoms with Gasteiger partial charge >= 0.3 is 5.97 Å². The van der Waals surface area contributed by atoms with Crippen LogP contribution in [0.15, 0.2) is 53.4 Å². The number of rotatable bonds is 4. The van der Waals surface area contributed by atoms with Gasteiger partial charge in [-0.25, -0.2) is 13.2 Å². The molecule has 2 aromatic rings. The fourth-order valence-electron chi connectivity index (χ4n) is 2.05. The number of para-hydroxylation sites is 1. The molecule has 0 atom stereocenters. The number of aryl methyl sites for hydroxylation is 1. The lowest BCUT2D eigenvalue weighted by Crippen LogP contribution is -2.27. The van der Waals surface area contributed by atoms with E-state index in [4.69, 9.17) is 0 Å². The molecule has 0 fully saturated rings. The maximum absolute atomic E-state index is 12.8. The molecule has 0 unspecified atom stereocenters. The highest BCUT2D eigenvalue weighted by Gasteiger charge is 2.24. The lowest BCUT2D eigenvalue weighted by molar-refractivity contribution is 0.0600. The molecule has 0 amide bonds. The summed E-state index contributed by atoms with van der Waals surface area (Å²) in [6.07, 6.45) is 0. The van der Waals surface area contributed by atoms with Gasteiger partial charge in [0, 0.05) is 7.05 Å². The van der Waals surface area contributed by atoms with Gasteiger partial charge in [-0.3, -0.25) is 4.31 Å². The highest BCUT2D eigenvalue weighted by Crippen LogP contribution is 2.25. The number of benzene rings is 2. The number of nitrogens with zero attached hydrogens (tertiary/aromatic N) is 1. The SMILES string of the molecule is COC(=O)c1ccc(C)c(S(=O)(=O)N(C)c2ccccc2)c1. The quantitative estimate of drug-likeness (QED) is 0.813. The lowest BCUT2D eigenvalue weighted by Gasteiger charge is -2.21. The second-order valence-electron chi connectivity index (χ2n) is 4.78. The van der Waals surface area contributed by atoms with Crippen LogP contribution >= 0.6 is 0 Å². The fourth-order valence-corrected chi connectivity index (χ4v) is 3.49. The van der Waals surface area contributed by atoms with E-state index in [0.717, 1.165) is 0 Å². The van der Waals surface area contributed by atoms with Crippen LogP contribution in [0.25, 0.3) is 0 Å². The molecule has 0 saturated heterocycles. The van der Waals surface area contributed by atoms with Gasteiger partial charge in [0.15, 0.2) is 0 Å². The Kier molecular flexibility index (Phi) is 4.51. The third kappa shape index (κ3) is 2.96. The van der Waals surface area contributed by atoms with Gasteiger partial charge in [-0.1, -0.05) is 24.3 Å². The molecule has 0 radical (unpaired) electrons. The summed E-state index contributed by atoms with van der Waals surface area (Å²) in [6.45, 7) is 1.69. The Balaban J connectivity index is 2.52. The molecule has 22 heavy (non-hydrogen) atoms. The van der Waals surface area contributed by atoms with E-state index in [2.05, 4.69) is 4.74 Å². The van der Waals surface area contributed by atoms with Crippen LogP contribution in [0, 0.1) is 6.92 Å². The molecule has 5 nitrogen and oxygen atoms in total. The van der Waals surface area contributed by atoms with Crippen molar-refractivity contribution in [3.05, 3.63) is 59.7 Å². The molecule has 0 saturated carbocycles. The molecule has 6 heteroatoms. The minimum atomic E-state index is -3.76. The van der Waals surface area contributed by atoms with Gasteiger partial charge in [0.2, 0.25) is 0 Å². The predicted octanol–water partition coefficient (Wildman–Crippen LogP) is 2.61. The third-order valence-electron chi connectivity index (χ3n) is 3.37. The summed E-state index contributed by atoms with van der Waals surface area (Å²) in [7, 11) is -1.02. The first kappa shape index (κ1) is 16.0. The molecule has 2 rings (SSSR count). The number of ether oxygens (including phenoxy) is 1. The van der Waals surface area contributed by atoms with Crippen molar-refractivity contribution >= 4 is 21.7 Å². The average Bonchev–Trinajstić information content (AvgIpc) is 2.54. The van der Waals surface area contributed by atoms with E-state index in [-0.39, 0.29) is 10.5 Å². The second-order valence-corrected chi connectivity index (χ2v) is 6.72. The largest absolute Gasteiger partial charge is 0.465 e. The molecular weight excluding hydrogens is 302 g/mol. The second kappa shape index (κ2) is 6.19. The van der Waals surface area contributed by atoms with Crippen LogP contribution in [0.1, 0.15) is 15.9 Å². The van der Waals surface area contributed by atoms with E-state index in [1.807, 2.05) is 6.07 Å². The topological polar surface area (TPSA) is 63.7 Å². The number of anilines is 1. The van der Waals surface area contributed by atoms with E-state index in [0.29, 0.717) is 11.3 Å². The summed E-state index contributed by atoms with van der Waals surface area (Å²) < 4.78 is 31.4. The smallest absolute Gasteiger partial charge is 0.337 e. The number of hydrogen-bond acceptors (Lipinski definition) is 4. The van der Waals surface area contributed by atoms with Gasteiger partial charge in [0.25, 0.3) is 10.0 Å². The number of hydrogen-bond donors (Lipinski definition) is 0. The number of carbonyl (C=O) groups is 1. The minimum absolute atomic E-state index is 0.0850. The molecule has 0 aliphatic carbocycles. The fraction of sp³-hybridized carbons (Fsp3) is 0.188. The molecule has 0 heterocycles. The molecule has 0 aliphatic rings. The molecule has 116 valence electrons. The number of esters is 1. The number of sulfonamides is 1. The highest BCUT2D eigenvalue weighted by molar-refractivity contribution is 7.92. The van der Waals surface area contributed by atoms with E-state index in [1.165, 1.54) is 24.5 Å². The Morgan fingerprint density at radius 2 is 1.73 bits per heavy atom. The highest BCUT2D eigenvalue weighted by atomic mass is 32.2. The number of carbonyl (C=O) groups excluding carboxylic acids is 1. The van der Waals surface area contributed by atoms with Gasteiger partial charge in [-0.2, -0.15) is 0 Å². The molecule has 0 bridgehead atoms. The maximum atomic E-state index is 12.8. The van der Waals surface area contributed by atoms with E-state index in [1.54, 1.807) is 43.3 Å². The van der Waals surface area contributed by atoms with Crippen molar-refractivity contribution in [2.45, 2.75) is 11.8 Å². The Labute approximate surface area is 130 Å². The van der Waals surface area contributed by atoms with Crippen molar-refractivity contribution in [1.82, 2.24) is 0 Å². The summed E-state index contributed by atoms with van der Waals surface area (Å²) >= 11 is 0. The Bertz CT molecular complexity index is 785. The van der Waals surface area contributed by atoms with Crippen LogP contribution in [0.5, 0.6) is 0 Å².